The monoisotopic (exact) mass is 439 g/mol. The maximum Gasteiger partial charge on any atom is 0.418 e. The quantitative estimate of drug-likeness (QED) is 0.490. The smallest absolute Gasteiger partial charge is 0.401 e. The van der Waals surface area contributed by atoms with Crippen LogP contribution in [-0.2, 0) is 18.5 Å². The molecule has 0 fully saturated rings. The van der Waals surface area contributed by atoms with Crippen molar-refractivity contribution < 1.29 is 26.4 Å². The summed E-state index contributed by atoms with van der Waals surface area (Å²) in [5, 5.41) is 11.4. The highest BCUT2D eigenvalue weighted by Crippen LogP contribution is 2.39. The molecule has 1 N–H and O–H groups in total. The minimum absolute atomic E-state index is 0.140. The summed E-state index contributed by atoms with van der Waals surface area (Å²) in [5.74, 6) is -4.19. The first kappa shape index (κ1) is 19.5. The minimum atomic E-state index is -4.57. The molecule has 4 aromatic rings. The molecule has 5 heterocycles. The van der Waals surface area contributed by atoms with Crippen LogP contribution in [0.5, 0.6) is 0 Å². The Morgan fingerprint density at radius 3 is 2.71 bits per heavy atom. The van der Waals surface area contributed by atoms with Crippen LogP contribution in [0, 0.1) is 0 Å². The van der Waals surface area contributed by atoms with Gasteiger partial charge in [0.2, 0.25) is 0 Å². The Bertz CT molecular complexity index is 1250. The van der Waals surface area contributed by atoms with Crippen LogP contribution in [0.25, 0.3) is 5.52 Å². The second kappa shape index (κ2) is 6.49. The van der Waals surface area contributed by atoms with Gasteiger partial charge >= 0.3 is 18.1 Å². The van der Waals surface area contributed by atoms with E-state index in [1.54, 1.807) is 0 Å². The third kappa shape index (κ3) is 3.20. The molecule has 1 aliphatic heterocycles. The van der Waals surface area contributed by atoms with Crippen LogP contribution in [0.2, 0.25) is 0 Å². The fourth-order valence-corrected chi connectivity index (χ4v) is 3.70. The van der Waals surface area contributed by atoms with E-state index in [2.05, 4.69) is 25.3 Å². The molecular weight excluding hydrogens is 425 g/mol. The lowest BCUT2D eigenvalue weighted by molar-refractivity contribution is -0.136. The van der Waals surface area contributed by atoms with E-state index < -0.39 is 29.6 Å². The zero-order chi connectivity index (χ0) is 22.0. The van der Waals surface area contributed by atoms with Gasteiger partial charge in [-0.2, -0.15) is 27.1 Å². The van der Waals surface area contributed by atoms with Crippen molar-refractivity contribution in [2.75, 3.05) is 11.4 Å². The van der Waals surface area contributed by atoms with Crippen LogP contribution in [0.15, 0.2) is 35.1 Å². The van der Waals surface area contributed by atoms with E-state index in [4.69, 9.17) is 4.42 Å². The molecule has 0 amide bonds. The molecule has 1 atom stereocenters. The summed E-state index contributed by atoms with van der Waals surface area (Å²) < 4.78 is 73.8. The number of anilines is 1. The number of pyridine rings is 1. The van der Waals surface area contributed by atoms with Gasteiger partial charge in [0, 0.05) is 31.8 Å². The molecule has 0 unspecified atom stereocenters. The highest BCUT2D eigenvalue weighted by molar-refractivity contribution is 5.58. The first-order chi connectivity index (χ1) is 14.6. The van der Waals surface area contributed by atoms with Crippen LogP contribution in [0.1, 0.15) is 41.5 Å². The van der Waals surface area contributed by atoms with Gasteiger partial charge in [-0.3, -0.25) is 0 Å². The number of fused-ring (bicyclic) bond motifs is 2. The van der Waals surface area contributed by atoms with Gasteiger partial charge in [0.15, 0.2) is 0 Å². The maximum absolute atomic E-state index is 13.6. The number of hydrogen-bond acceptors (Lipinski definition) is 6. The SMILES string of the molecule is CC(F)(F)c1nnc(N2CCc3[nH]cnc3[C@H]2c2cc3c(C(F)(F)F)cccn3n2)o1. The Hall–Kier alpha value is -3.51. The lowest BCUT2D eigenvalue weighted by Gasteiger charge is -2.32. The van der Waals surface area contributed by atoms with Crippen molar-refractivity contribution in [1.82, 2.24) is 29.8 Å². The molecule has 0 aliphatic carbocycles. The van der Waals surface area contributed by atoms with Gasteiger partial charge in [0.25, 0.3) is 5.89 Å². The third-order valence-electron chi connectivity index (χ3n) is 5.07. The van der Waals surface area contributed by atoms with E-state index in [0.29, 0.717) is 19.0 Å². The predicted molar refractivity (Wildman–Crippen MR) is 95.5 cm³/mol. The Balaban J connectivity index is 1.65. The standard InChI is InChI=1S/C18H14F5N7O/c1-17(19,20)15-26-27-16(31-15)29-6-4-10-13(25-8-24-10)14(29)11-7-12-9(18(21,22)23)3-2-5-30(12)28-11/h2-3,5,7-8,14H,4,6H2,1H3,(H,24,25)/t14-/m1/s1. The van der Waals surface area contributed by atoms with Crippen molar-refractivity contribution in [3.05, 3.63) is 59.3 Å². The van der Waals surface area contributed by atoms with Crippen LogP contribution in [-0.4, -0.2) is 36.3 Å². The number of H-pyrrole nitrogens is 1. The molecule has 0 aromatic carbocycles. The number of rotatable bonds is 3. The summed E-state index contributed by atoms with van der Waals surface area (Å²) in [6.45, 7) is 0.904. The van der Waals surface area contributed by atoms with Gasteiger partial charge in [0.1, 0.15) is 6.04 Å². The second-order valence-electron chi connectivity index (χ2n) is 7.21. The fraction of sp³-hybridized carbons (Fsp3) is 0.333. The lowest BCUT2D eigenvalue weighted by Crippen LogP contribution is -2.37. The Labute approximate surface area is 170 Å². The summed E-state index contributed by atoms with van der Waals surface area (Å²) in [5.41, 5.74) is 0.497. The average Bonchev–Trinajstić information content (AvgIpc) is 3.42. The third-order valence-corrected chi connectivity index (χ3v) is 5.07. The van der Waals surface area contributed by atoms with E-state index in [-0.39, 0.29) is 23.8 Å². The molecule has 13 heteroatoms. The lowest BCUT2D eigenvalue weighted by atomic mass is 10.00. The van der Waals surface area contributed by atoms with E-state index >= 15 is 0 Å². The van der Waals surface area contributed by atoms with Crippen molar-refractivity contribution in [2.45, 2.75) is 31.5 Å². The van der Waals surface area contributed by atoms with E-state index in [0.717, 1.165) is 16.3 Å². The fourth-order valence-electron chi connectivity index (χ4n) is 3.70. The molecule has 1 aliphatic rings. The number of imidazole rings is 1. The average molecular weight is 439 g/mol. The molecule has 0 bridgehead atoms. The Morgan fingerprint density at radius 2 is 2.00 bits per heavy atom. The van der Waals surface area contributed by atoms with Crippen LogP contribution in [0.4, 0.5) is 28.0 Å². The van der Waals surface area contributed by atoms with Crippen molar-refractivity contribution >= 4 is 11.5 Å². The van der Waals surface area contributed by atoms with Gasteiger partial charge in [0.05, 0.1) is 28.8 Å². The summed E-state index contributed by atoms with van der Waals surface area (Å²) in [6, 6.07) is 2.51. The molecule has 0 spiro atoms. The maximum atomic E-state index is 13.6. The zero-order valence-electron chi connectivity index (χ0n) is 15.9. The van der Waals surface area contributed by atoms with Gasteiger partial charge in [-0.25, -0.2) is 9.50 Å². The first-order valence-electron chi connectivity index (χ1n) is 9.19. The second-order valence-corrected chi connectivity index (χ2v) is 7.21. The van der Waals surface area contributed by atoms with Gasteiger partial charge in [-0.1, -0.05) is 5.10 Å². The van der Waals surface area contributed by atoms with Gasteiger partial charge in [-0.05, 0) is 18.2 Å². The Morgan fingerprint density at radius 1 is 1.19 bits per heavy atom. The summed E-state index contributed by atoms with van der Waals surface area (Å²) in [7, 11) is 0. The number of halogens is 5. The number of nitrogens with zero attached hydrogens (tertiary/aromatic N) is 6. The summed E-state index contributed by atoms with van der Waals surface area (Å²) in [6.07, 6.45) is -1.25. The normalized spacial score (nSPS) is 17.4. The van der Waals surface area contributed by atoms with Gasteiger partial charge in [-0.15, -0.1) is 5.10 Å². The molecule has 162 valence electrons. The number of alkyl halides is 5. The number of nitrogens with one attached hydrogen (secondary N) is 1. The molecule has 0 saturated carbocycles. The number of hydrogen-bond donors (Lipinski definition) is 1. The molecule has 31 heavy (non-hydrogen) atoms. The van der Waals surface area contributed by atoms with Crippen molar-refractivity contribution in [3.8, 4) is 0 Å². The molecule has 0 radical (unpaired) electrons. The highest BCUT2D eigenvalue weighted by atomic mass is 19.4. The molecule has 0 saturated heterocycles. The molecule has 5 rings (SSSR count). The van der Waals surface area contributed by atoms with Gasteiger partial charge < -0.3 is 14.3 Å². The number of aromatic amines is 1. The van der Waals surface area contributed by atoms with Crippen molar-refractivity contribution in [3.63, 3.8) is 0 Å². The van der Waals surface area contributed by atoms with Crippen LogP contribution < -0.4 is 4.90 Å². The van der Waals surface area contributed by atoms with Crippen LogP contribution in [0.3, 0.4) is 0 Å². The zero-order valence-corrected chi connectivity index (χ0v) is 15.9. The van der Waals surface area contributed by atoms with E-state index in [1.165, 1.54) is 29.6 Å². The van der Waals surface area contributed by atoms with Crippen LogP contribution >= 0.6 is 0 Å². The largest absolute Gasteiger partial charge is 0.418 e. The first-order valence-corrected chi connectivity index (χ1v) is 9.19. The predicted octanol–water partition coefficient (Wildman–Crippen LogP) is 3.72. The van der Waals surface area contributed by atoms with Crippen molar-refractivity contribution in [2.24, 2.45) is 0 Å². The molecule has 8 nitrogen and oxygen atoms in total. The Kier molecular flexibility index (Phi) is 4.07. The van der Waals surface area contributed by atoms with E-state index in [9.17, 15) is 22.0 Å². The topological polar surface area (TPSA) is 88.1 Å². The van der Waals surface area contributed by atoms with Crippen molar-refractivity contribution in [1.29, 1.82) is 0 Å². The highest BCUT2D eigenvalue weighted by Gasteiger charge is 2.39. The summed E-state index contributed by atoms with van der Waals surface area (Å²) >= 11 is 0. The molecule has 4 aromatic heterocycles. The minimum Gasteiger partial charge on any atom is -0.401 e. The summed E-state index contributed by atoms with van der Waals surface area (Å²) in [4.78, 5) is 8.78. The van der Waals surface area contributed by atoms with E-state index in [1.807, 2.05) is 0 Å². The number of aromatic nitrogens is 6. The molecular formula is C18H14F5N7O.